The summed E-state index contributed by atoms with van der Waals surface area (Å²) in [6.07, 6.45) is 4.59. The molecule has 0 radical (unpaired) electrons. The standard InChI is InChI=1S/C13H22O2S/c1-4-7-16(15)9-13-6-5-10(8-11(13)14)12(13,2)3/h4,10-11,14H,1,5-9H2,2-3H3/t10-,11-,13-,16?/m0/s1. The lowest BCUT2D eigenvalue weighted by Crippen LogP contribution is -2.43. The third-order valence-electron chi connectivity index (χ3n) is 5.11. The van der Waals surface area contributed by atoms with Crippen LogP contribution in [0.15, 0.2) is 12.7 Å². The van der Waals surface area contributed by atoms with Crippen molar-refractivity contribution in [3.63, 3.8) is 0 Å². The minimum Gasteiger partial charge on any atom is -0.392 e. The van der Waals surface area contributed by atoms with E-state index in [1.165, 1.54) is 6.42 Å². The van der Waals surface area contributed by atoms with E-state index in [4.69, 9.17) is 0 Å². The van der Waals surface area contributed by atoms with Gasteiger partial charge in [-0.1, -0.05) is 19.9 Å². The van der Waals surface area contributed by atoms with Crippen LogP contribution in [0, 0.1) is 16.7 Å². The number of hydrogen-bond acceptors (Lipinski definition) is 2. The summed E-state index contributed by atoms with van der Waals surface area (Å²) in [5.41, 5.74) is 0.0365. The van der Waals surface area contributed by atoms with Crippen molar-refractivity contribution in [2.24, 2.45) is 16.7 Å². The second-order valence-corrected chi connectivity index (χ2v) is 7.41. The molecule has 0 aromatic carbocycles. The molecule has 1 unspecified atom stereocenters. The predicted molar refractivity (Wildman–Crippen MR) is 67.6 cm³/mol. The summed E-state index contributed by atoms with van der Waals surface area (Å²) in [6, 6.07) is 0. The number of aliphatic hydroxyl groups is 1. The van der Waals surface area contributed by atoms with Gasteiger partial charge in [-0.05, 0) is 30.6 Å². The first-order chi connectivity index (χ1) is 7.44. The average molecular weight is 242 g/mol. The Bertz CT molecular complexity index is 324. The molecule has 0 aromatic heterocycles. The maximum Gasteiger partial charge on any atom is 0.0613 e. The Labute approximate surface area is 101 Å². The Morgan fingerprint density at radius 1 is 1.56 bits per heavy atom. The Kier molecular flexibility index (Phi) is 3.04. The van der Waals surface area contributed by atoms with Crippen molar-refractivity contribution < 1.29 is 9.32 Å². The van der Waals surface area contributed by atoms with Gasteiger partial charge in [0.2, 0.25) is 0 Å². The Morgan fingerprint density at radius 3 is 2.69 bits per heavy atom. The lowest BCUT2D eigenvalue weighted by atomic mass is 9.70. The quantitative estimate of drug-likeness (QED) is 0.767. The third kappa shape index (κ3) is 1.52. The van der Waals surface area contributed by atoms with Gasteiger partial charge in [-0.25, -0.2) is 0 Å². The molecular formula is C13H22O2S. The van der Waals surface area contributed by atoms with Gasteiger partial charge in [-0.2, -0.15) is 0 Å². The van der Waals surface area contributed by atoms with Crippen LogP contribution >= 0.6 is 0 Å². The molecule has 16 heavy (non-hydrogen) atoms. The molecule has 0 aliphatic heterocycles. The Hall–Kier alpha value is -0.150. The van der Waals surface area contributed by atoms with E-state index >= 15 is 0 Å². The van der Waals surface area contributed by atoms with Gasteiger partial charge in [-0.3, -0.25) is 4.21 Å². The zero-order valence-electron chi connectivity index (χ0n) is 10.2. The fourth-order valence-electron chi connectivity index (χ4n) is 3.86. The molecule has 2 nitrogen and oxygen atoms in total. The molecule has 2 fully saturated rings. The van der Waals surface area contributed by atoms with Crippen molar-refractivity contribution in [2.45, 2.75) is 39.2 Å². The van der Waals surface area contributed by atoms with Gasteiger partial charge in [0.15, 0.2) is 0 Å². The van der Waals surface area contributed by atoms with E-state index < -0.39 is 10.8 Å². The fourth-order valence-corrected chi connectivity index (χ4v) is 5.52. The molecule has 2 saturated carbocycles. The van der Waals surface area contributed by atoms with Crippen molar-refractivity contribution in [1.82, 2.24) is 0 Å². The predicted octanol–water partition coefficient (Wildman–Crippen LogP) is 2.11. The largest absolute Gasteiger partial charge is 0.392 e. The maximum absolute atomic E-state index is 11.9. The topological polar surface area (TPSA) is 37.3 Å². The fraction of sp³-hybridized carbons (Fsp3) is 0.846. The second-order valence-electron chi connectivity index (χ2n) is 5.90. The zero-order chi connectivity index (χ0) is 12.0. The highest BCUT2D eigenvalue weighted by atomic mass is 32.2. The number of hydrogen-bond donors (Lipinski definition) is 1. The van der Waals surface area contributed by atoms with Crippen molar-refractivity contribution in [3.05, 3.63) is 12.7 Å². The molecule has 92 valence electrons. The number of fused-ring (bicyclic) bond motifs is 2. The van der Waals surface area contributed by atoms with E-state index in [2.05, 4.69) is 20.4 Å². The lowest BCUT2D eigenvalue weighted by Gasteiger charge is -2.40. The van der Waals surface area contributed by atoms with Crippen molar-refractivity contribution in [3.8, 4) is 0 Å². The van der Waals surface area contributed by atoms with Crippen LogP contribution in [0.3, 0.4) is 0 Å². The average Bonchev–Trinajstić information content (AvgIpc) is 2.51. The van der Waals surface area contributed by atoms with Crippen LogP contribution < -0.4 is 0 Å². The van der Waals surface area contributed by atoms with Crippen LogP contribution in [0.2, 0.25) is 0 Å². The third-order valence-corrected chi connectivity index (χ3v) is 6.56. The van der Waals surface area contributed by atoms with Crippen LogP contribution in [0.25, 0.3) is 0 Å². The van der Waals surface area contributed by atoms with Crippen molar-refractivity contribution in [1.29, 1.82) is 0 Å². The molecule has 1 N–H and O–H groups in total. The van der Waals surface area contributed by atoms with Gasteiger partial charge in [0.1, 0.15) is 0 Å². The summed E-state index contributed by atoms with van der Waals surface area (Å²) >= 11 is 0. The SMILES string of the molecule is C=CCS(=O)C[C@@]12CC[C@@H](C[C@@H]1O)C2(C)C. The lowest BCUT2D eigenvalue weighted by molar-refractivity contribution is 0.0161. The smallest absolute Gasteiger partial charge is 0.0613 e. The molecule has 2 rings (SSSR count). The Morgan fingerprint density at radius 2 is 2.25 bits per heavy atom. The minimum absolute atomic E-state index is 0.106. The summed E-state index contributed by atoms with van der Waals surface area (Å²) < 4.78 is 11.9. The van der Waals surface area contributed by atoms with Crippen LogP contribution in [0.1, 0.15) is 33.1 Å². The first-order valence-corrected chi connectivity index (χ1v) is 7.57. The van der Waals surface area contributed by atoms with Gasteiger partial charge >= 0.3 is 0 Å². The molecule has 0 saturated heterocycles. The van der Waals surface area contributed by atoms with E-state index in [0.29, 0.717) is 17.4 Å². The van der Waals surface area contributed by atoms with Crippen LogP contribution in [-0.2, 0) is 10.8 Å². The van der Waals surface area contributed by atoms with E-state index in [9.17, 15) is 9.32 Å². The molecule has 2 bridgehead atoms. The van der Waals surface area contributed by atoms with Gasteiger partial charge in [-0.15, -0.1) is 6.58 Å². The van der Waals surface area contributed by atoms with Gasteiger partial charge in [0.25, 0.3) is 0 Å². The summed E-state index contributed by atoms with van der Waals surface area (Å²) in [6.45, 7) is 8.12. The van der Waals surface area contributed by atoms with E-state index in [1.54, 1.807) is 6.08 Å². The summed E-state index contributed by atoms with van der Waals surface area (Å²) in [5.74, 6) is 1.81. The molecule has 3 heteroatoms. The van der Waals surface area contributed by atoms with Crippen LogP contribution in [-0.4, -0.2) is 26.9 Å². The van der Waals surface area contributed by atoms with Gasteiger partial charge in [0.05, 0.1) is 6.10 Å². The summed E-state index contributed by atoms with van der Waals surface area (Å²) in [5, 5.41) is 10.3. The zero-order valence-corrected chi connectivity index (χ0v) is 11.1. The summed E-state index contributed by atoms with van der Waals surface area (Å²) in [4.78, 5) is 0. The summed E-state index contributed by atoms with van der Waals surface area (Å²) in [7, 11) is -0.868. The number of aliphatic hydroxyl groups excluding tert-OH is 1. The molecular weight excluding hydrogens is 220 g/mol. The highest BCUT2D eigenvalue weighted by Gasteiger charge is 2.63. The van der Waals surface area contributed by atoms with Crippen molar-refractivity contribution >= 4 is 10.8 Å². The molecule has 4 atom stereocenters. The van der Waals surface area contributed by atoms with E-state index in [0.717, 1.165) is 12.8 Å². The molecule has 0 spiro atoms. The van der Waals surface area contributed by atoms with Gasteiger partial charge in [0, 0.05) is 27.7 Å². The molecule has 0 heterocycles. The first kappa shape index (κ1) is 12.3. The van der Waals surface area contributed by atoms with Crippen molar-refractivity contribution in [2.75, 3.05) is 11.5 Å². The monoisotopic (exact) mass is 242 g/mol. The second kappa shape index (κ2) is 3.95. The van der Waals surface area contributed by atoms with Crippen LogP contribution in [0.5, 0.6) is 0 Å². The highest BCUT2D eigenvalue weighted by Crippen LogP contribution is 2.65. The molecule has 2 aliphatic carbocycles. The van der Waals surface area contributed by atoms with E-state index in [-0.39, 0.29) is 16.9 Å². The van der Waals surface area contributed by atoms with E-state index in [1.807, 2.05) is 0 Å². The number of rotatable bonds is 4. The normalized spacial score (nSPS) is 42.2. The molecule has 0 aromatic rings. The van der Waals surface area contributed by atoms with Crippen LogP contribution in [0.4, 0.5) is 0 Å². The Balaban J connectivity index is 2.22. The van der Waals surface area contributed by atoms with Gasteiger partial charge < -0.3 is 5.11 Å². The maximum atomic E-state index is 11.9. The molecule has 2 aliphatic rings. The first-order valence-electron chi connectivity index (χ1n) is 6.08. The molecule has 0 amide bonds. The minimum atomic E-state index is -0.868. The highest BCUT2D eigenvalue weighted by molar-refractivity contribution is 7.85.